The minimum absolute atomic E-state index is 0.0362. The normalized spacial score (nSPS) is 11.9. The lowest BCUT2D eigenvalue weighted by Gasteiger charge is -2.06. The molecule has 0 radical (unpaired) electrons. The number of alkyl halides is 3. The Kier molecular flexibility index (Phi) is 3.65. The Balaban J connectivity index is 2.39. The van der Waals surface area contributed by atoms with Crippen LogP contribution >= 0.6 is 0 Å². The third-order valence-electron chi connectivity index (χ3n) is 2.78. The number of carbonyl (C=O) groups is 1. The summed E-state index contributed by atoms with van der Waals surface area (Å²) >= 11 is 0. The smallest absolute Gasteiger partial charge is 0.416 e. The molecule has 1 heterocycles. The molecule has 0 atom stereocenters. The summed E-state index contributed by atoms with van der Waals surface area (Å²) in [6, 6.07) is 4.45. The van der Waals surface area contributed by atoms with Gasteiger partial charge in [-0.2, -0.15) is 13.2 Å². The molecule has 0 bridgehead atoms. The Morgan fingerprint density at radius 3 is 2.20 bits per heavy atom. The van der Waals surface area contributed by atoms with Crippen molar-refractivity contribution in [3.8, 4) is 11.5 Å². The van der Waals surface area contributed by atoms with Crippen LogP contribution in [0, 0.1) is 0 Å². The number of hydrogen-bond acceptors (Lipinski definition) is 3. The van der Waals surface area contributed by atoms with Crippen molar-refractivity contribution in [1.29, 1.82) is 0 Å². The molecule has 0 saturated heterocycles. The first-order chi connectivity index (χ1) is 9.32. The van der Waals surface area contributed by atoms with Crippen LogP contribution in [0.2, 0.25) is 0 Å². The molecule has 2 aromatic rings. The molecule has 0 fully saturated rings. The minimum Gasteiger partial charge on any atom is -0.440 e. The van der Waals surface area contributed by atoms with E-state index in [0.29, 0.717) is 17.6 Å². The van der Waals surface area contributed by atoms with Gasteiger partial charge in [0.25, 0.3) is 0 Å². The molecule has 0 aliphatic rings. The first-order valence-corrected chi connectivity index (χ1v) is 5.96. The second kappa shape index (κ2) is 5.11. The largest absolute Gasteiger partial charge is 0.440 e. The van der Waals surface area contributed by atoms with Crippen LogP contribution in [0.4, 0.5) is 13.2 Å². The Hall–Kier alpha value is -2.11. The molecule has 1 aromatic heterocycles. The monoisotopic (exact) mass is 283 g/mol. The number of oxazole rings is 1. The van der Waals surface area contributed by atoms with Crippen LogP contribution in [0.25, 0.3) is 11.5 Å². The Morgan fingerprint density at radius 1 is 1.20 bits per heavy atom. The van der Waals surface area contributed by atoms with Crippen molar-refractivity contribution in [1.82, 2.24) is 4.98 Å². The average molecular weight is 283 g/mol. The second-order valence-electron chi connectivity index (χ2n) is 4.62. The van der Waals surface area contributed by atoms with Crippen LogP contribution in [-0.2, 0) is 6.18 Å². The van der Waals surface area contributed by atoms with E-state index in [1.165, 1.54) is 12.1 Å². The predicted molar refractivity (Wildman–Crippen MR) is 66.4 cm³/mol. The van der Waals surface area contributed by atoms with E-state index in [-0.39, 0.29) is 17.5 Å². The molecule has 1 aromatic carbocycles. The highest BCUT2D eigenvalue weighted by Crippen LogP contribution is 2.31. The van der Waals surface area contributed by atoms with Gasteiger partial charge in [0.15, 0.2) is 6.29 Å². The van der Waals surface area contributed by atoms with Gasteiger partial charge in [-0.1, -0.05) is 13.8 Å². The SMILES string of the molecule is CC(C)c1oc(-c2ccc(C(F)(F)F)cc2)nc1C=O. The van der Waals surface area contributed by atoms with Crippen LogP contribution in [0.3, 0.4) is 0 Å². The molecule has 0 spiro atoms. The first kappa shape index (κ1) is 14.3. The van der Waals surface area contributed by atoms with Crippen LogP contribution in [-0.4, -0.2) is 11.3 Å². The van der Waals surface area contributed by atoms with Gasteiger partial charge in [0, 0.05) is 11.5 Å². The van der Waals surface area contributed by atoms with Gasteiger partial charge in [0.05, 0.1) is 5.56 Å². The van der Waals surface area contributed by atoms with Crippen molar-refractivity contribution in [3.05, 3.63) is 41.3 Å². The van der Waals surface area contributed by atoms with E-state index in [4.69, 9.17) is 4.42 Å². The van der Waals surface area contributed by atoms with Gasteiger partial charge in [0.2, 0.25) is 5.89 Å². The maximum Gasteiger partial charge on any atom is 0.416 e. The summed E-state index contributed by atoms with van der Waals surface area (Å²) in [5, 5.41) is 0. The molecule has 106 valence electrons. The van der Waals surface area contributed by atoms with E-state index in [2.05, 4.69) is 4.98 Å². The number of halogens is 3. The van der Waals surface area contributed by atoms with E-state index in [1.54, 1.807) is 0 Å². The van der Waals surface area contributed by atoms with Crippen molar-refractivity contribution < 1.29 is 22.4 Å². The lowest BCUT2D eigenvalue weighted by Crippen LogP contribution is -2.03. The minimum atomic E-state index is -4.38. The first-order valence-electron chi connectivity index (χ1n) is 5.96. The molecular weight excluding hydrogens is 271 g/mol. The second-order valence-corrected chi connectivity index (χ2v) is 4.62. The van der Waals surface area contributed by atoms with E-state index in [9.17, 15) is 18.0 Å². The number of rotatable bonds is 3. The van der Waals surface area contributed by atoms with Crippen molar-refractivity contribution in [2.75, 3.05) is 0 Å². The summed E-state index contributed by atoms with van der Waals surface area (Å²) in [6.45, 7) is 3.67. The summed E-state index contributed by atoms with van der Waals surface area (Å²) in [4.78, 5) is 14.9. The number of hydrogen-bond donors (Lipinski definition) is 0. The topological polar surface area (TPSA) is 43.1 Å². The third-order valence-corrected chi connectivity index (χ3v) is 2.78. The van der Waals surface area contributed by atoms with E-state index in [0.717, 1.165) is 12.1 Å². The van der Waals surface area contributed by atoms with Gasteiger partial charge >= 0.3 is 6.18 Å². The molecule has 0 amide bonds. The molecule has 20 heavy (non-hydrogen) atoms. The van der Waals surface area contributed by atoms with Crippen molar-refractivity contribution in [2.24, 2.45) is 0 Å². The molecule has 0 aliphatic heterocycles. The molecule has 0 N–H and O–H groups in total. The molecule has 2 rings (SSSR count). The van der Waals surface area contributed by atoms with Gasteiger partial charge in [0.1, 0.15) is 11.5 Å². The number of nitrogens with zero attached hydrogens (tertiary/aromatic N) is 1. The summed E-state index contributed by atoms with van der Waals surface area (Å²) < 4.78 is 42.9. The molecule has 0 aliphatic carbocycles. The highest BCUT2D eigenvalue weighted by Gasteiger charge is 2.30. The Labute approximate surface area is 113 Å². The van der Waals surface area contributed by atoms with Crippen LogP contribution < -0.4 is 0 Å². The summed E-state index contributed by atoms with van der Waals surface area (Å²) in [7, 11) is 0. The van der Waals surface area contributed by atoms with Gasteiger partial charge < -0.3 is 4.42 Å². The Morgan fingerprint density at radius 2 is 1.80 bits per heavy atom. The van der Waals surface area contributed by atoms with Gasteiger partial charge in [-0.3, -0.25) is 4.79 Å². The fraction of sp³-hybridized carbons (Fsp3) is 0.286. The van der Waals surface area contributed by atoms with Crippen LogP contribution in [0.1, 0.15) is 41.6 Å². The zero-order valence-electron chi connectivity index (χ0n) is 10.9. The summed E-state index contributed by atoms with van der Waals surface area (Å²) in [5.41, 5.74) is -0.171. The average Bonchev–Trinajstić information content (AvgIpc) is 2.82. The third kappa shape index (κ3) is 2.74. The standard InChI is InChI=1S/C14H12F3NO2/c1-8(2)12-11(7-19)18-13(20-12)9-3-5-10(6-4-9)14(15,16)17/h3-8H,1-2H3. The quantitative estimate of drug-likeness (QED) is 0.789. The number of carbonyl (C=O) groups excluding carboxylic acids is 1. The van der Waals surface area contributed by atoms with Crippen molar-refractivity contribution >= 4 is 6.29 Å². The zero-order chi connectivity index (χ0) is 14.9. The van der Waals surface area contributed by atoms with Gasteiger partial charge in [-0.15, -0.1) is 0 Å². The lowest BCUT2D eigenvalue weighted by atomic mass is 10.1. The molecule has 0 saturated carbocycles. The van der Waals surface area contributed by atoms with Gasteiger partial charge in [-0.25, -0.2) is 4.98 Å². The fourth-order valence-electron chi connectivity index (χ4n) is 1.77. The predicted octanol–water partition coefficient (Wildman–Crippen LogP) is 4.30. The molecule has 3 nitrogen and oxygen atoms in total. The number of benzene rings is 1. The van der Waals surface area contributed by atoms with Gasteiger partial charge in [-0.05, 0) is 24.3 Å². The zero-order valence-corrected chi connectivity index (χ0v) is 10.9. The summed E-state index contributed by atoms with van der Waals surface area (Å²) in [5.74, 6) is 0.533. The molecular formula is C14H12F3NO2. The van der Waals surface area contributed by atoms with E-state index >= 15 is 0 Å². The highest BCUT2D eigenvalue weighted by atomic mass is 19.4. The molecule has 6 heteroatoms. The van der Waals surface area contributed by atoms with Crippen molar-refractivity contribution in [3.63, 3.8) is 0 Å². The highest BCUT2D eigenvalue weighted by molar-refractivity contribution is 5.75. The fourth-order valence-corrected chi connectivity index (χ4v) is 1.77. The van der Waals surface area contributed by atoms with E-state index in [1.807, 2.05) is 13.8 Å². The maximum atomic E-state index is 12.5. The summed E-state index contributed by atoms with van der Waals surface area (Å²) in [6.07, 6.45) is -3.81. The van der Waals surface area contributed by atoms with Crippen LogP contribution in [0.5, 0.6) is 0 Å². The lowest BCUT2D eigenvalue weighted by molar-refractivity contribution is -0.137. The number of aldehydes is 1. The molecule has 0 unspecified atom stereocenters. The Bertz CT molecular complexity index is 612. The maximum absolute atomic E-state index is 12.5. The van der Waals surface area contributed by atoms with Crippen LogP contribution in [0.15, 0.2) is 28.7 Å². The number of aromatic nitrogens is 1. The van der Waals surface area contributed by atoms with Crippen molar-refractivity contribution in [2.45, 2.75) is 25.9 Å². The van der Waals surface area contributed by atoms with E-state index < -0.39 is 11.7 Å².